The van der Waals surface area contributed by atoms with Gasteiger partial charge in [-0.05, 0) is 0 Å². The highest BCUT2D eigenvalue weighted by Crippen LogP contribution is 2.46. The van der Waals surface area contributed by atoms with Crippen molar-refractivity contribution >= 4 is 17.6 Å². The normalized spacial score (nSPS) is 10.5. The van der Waals surface area contributed by atoms with Crippen LogP contribution in [0.25, 0.3) is 11.3 Å². The molecule has 94 valence electrons. The molecule has 18 heavy (non-hydrogen) atoms. The van der Waals surface area contributed by atoms with E-state index in [-0.39, 0.29) is 16.3 Å². The van der Waals surface area contributed by atoms with Gasteiger partial charge in [-0.15, -0.1) is 0 Å². The van der Waals surface area contributed by atoms with Crippen LogP contribution in [0.15, 0.2) is 16.7 Å². The average Bonchev–Trinajstić information content (AvgIpc) is 2.76. The number of nitrogens with zero attached hydrogens (tertiary/aromatic N) is 1. The van der Waals surface area contributed by atoms with Crippen LogP contribution in [0.2, 0.25) is 5.02 Å². The molecule has 0 aliphatic rings. The Labute approximate surface area is 104 Å². The molecular weight excluding hydrogens is 266 g/mol. The van der Waals surface area contributed by atoms with Gasteiger partial charge in [0.05, 0.1) is 10.6 Å². The highest BCUT2D eigenvalue weighted by Gasteiger charge is 2.22. The Kier molecular flexibility index (Phi) is 2.76. The van der Waals surface area contributed by atoms with Crippen LogP contribution in [0.1, 0.15) is 10.6 Å². The molecule has 0 radical (unpaired) electrons. The smallest absolute Gasteiger partial charge is 0.374 e. The van der Waals surface area contributed by atoms with Crippen LogP contribution in [0.4, 0.5) is 0 Å². The summed E-state index contributed by atoms with van der Waals surface area (Å²) in [6.45, 7) is 0. The first-order valence-electron chi connectivity index (χ1n) is 4.55. The van der Waals surface area contributed by atoms with E-state index in [1.54, 1.807) is 0 Å². The number of hydrogen-bond donors (Lipinski definition) is 4. The third kappa shape index (κ3) is 1.80. The number of aromatic hydroxyl groups is 3. The standard InChI is InChI=1S/C10H6ClNO6/c11-8-4(13)2-5(14)9(15)7(8)3-1-6(10(16)17)18-12-3/h1-2,13-15H,(H,16,17). The van der Waals surface area contributed by atoms with E-state index in [2.05, 4.69) is 9.68 Å². The van der Waals surface area contributed by atoms with E-state index in [1.165, 1.54) is 0 Å². The fourth-order valence-electron chi connectivity index (χ4n) is 1.35. The summed E-state index contributed by atoms with van der Waals surface area (Å²) in [5.74, 6) is -3.56. The largest absolute Gasteiger partial charge is 0.506 e. The van der Waals surface area contributed by atoms with Gasteiger partial charge < -0.3 is 24.9 Å². The Morgan fingerprint density at radius 1 is 1.22 bits per heavy atom. The summed E-state index contributed by atoms with van der Waals surface area (Å²) in [4.78, 5) is 10.6. The number of rotatable bonds is 2. The van der Waals surface area contributed by atoms with E-state index in [1.807, 2.05) is 0 Å². The lowest BCUT2D eigenvalue weighted by Crippen LogP contribution is -1.91. The summed E-state index contributed by atoms with van der Waals surface area (Å²) >= 11 is 5.74. The van der Waals surface area contributed by atoms with E-state index in [9.17, 15) is 20.1 Å². The van der Waals surface area contributed by atoms with Crippen LogP contribution < -0.4 is 0 Å². The first kappa shape index (κ1) is 12.1. The number of phenolic OH excluding ortho intramolecular Hbond substituents is 3. The molecule has 0 saturated heterocycles. The van der Waals surface area contributed by atoms with Gasteiger partial charge in [-0.1, -0.05) is 16.8 Å². The fourth-order valence-corrected chi connectivity index (χ4v) is 1.59. The third-order valence-electron chi connectivity index (χ3n) is 2.17. The zero-order valence-corrected chi connectivity index (χ0v) is 9.34. The Morgan fingerprint density at radius 2 is 1.89 bits per heavy atom. The Morgan fingerprint density at radius 3 is 2.44 bits per heavy atom. The Bertz CT molecular complexity index is 609. The number of carboxylic acid groups (broad SMARTS) is 1. The molecule has 0 aliphatic carbocycles. The van der Waals surface area contributed by atoms with Crippen LogP contribution in [0.5, 0.6) is 17.2 Å². The van der Waals surface area contributed by atoms with Crippen molar-refractivity contribution in [3.63, 3.8) is 0 Å². The molecule has 0 bridgehead atoms. The summed E-state index contributed by atoms with van der Waals surface area (Å²) in [7, 11) is 0. The van der Waals surface area contributed by atoms with E-state index in [0.717, 1.165) is 12.1 Å². The van der Waals surface area contributed by atoms with E-state index >= 15 is 0 Å². The molecule has 8 heteroatoms. The van der Waals surface area contributed by atoms with Crippen molar-refractivity contribution in [2.45, 2.75) is 0 Å². The van der Waals surface area contributed by atoms with Crippen molar-refractivity contribution in [2.24, 2.45) is 0 Å². The van der Waals surface area contributed by atoms with Gasteiger partial charge in [0, 0.05) is 12.1 Å². The van der Waals surface area contributed by atoms with Crippen molar-refractivity contribution in [3.8, 4) is 28.5 Å². The second-order valence-electron chi connectivity index (χ2n) is 3.33. The van der Waals surface area contributed by atoms with Gasteiger partial charge in [0.1, 0.15) is 11.4 Å². The molecule has 0 amide bonds. The monoisotopic (exact) mass is 271 g/mol. The van der Waals surface area contributed by atoms with Gasteiger partial charge in [-0.3, -0.25) is 0 Å². The molecule has 0 aliphatic heterocycles. The summed E-state index contributed by atoms with van der Waals surface area (Å²) < 4.78 is 4.49. The maximum atomic E-state index is 10.6. The second kappa shape index (κ2) is 4.11. The molecule has 0 spiro atoms. The predicted molar refractivity (Wildman–Crippen MR) is 58.9 cm³/mol. The molecular formula is C10H6ClNO6. The number of halogens is 1. The summed E-state index contributed by atoms with van der Waals surface area (Å²) in [5.41, 5.74) is -0.341. The molecule has 4 N–H and O–H groups in total. The lowest BCUT2D eigenvalue weighted by atomic mass is 10.1. The minimum absolute atomic E-state index is 0.124. The van der Waals surface area contributed by atoms with Crippen LogP contribution in [0, 0.1) is 0 Å². The molecule has 2 rings (SSSR count). The van der Waals surface area contributed by atoms with Crippen LogP contribution in [-0.4, -0.2) is 31.6 Å². The quantitative estimate of drug-likeness (QED) is 0.485. The fraction of sp³-hybridized carbons (Fsp3) is 0. The molecule has 1 heterocycles. The van der Waals surface area contributed by atoms with Gasteiger partial charge in [0.25, 0.3) is 0 Å². The molecule has 0 atom stereocenters. The van der Waals surface area contributed by atoms with E-state index in [0.29, 0.717) is 0 Å². The summed E-state index contributed by atoms with van der Waals surface area (Å²) in [6.07, 6.45) is 0. The van der Waals surface area contributed by atoms with Gasteiger partial charge >= 0.3 is 5.97 Å². The lowest BCUT2D eigenvalue weighted by Gasteiger charge is -2.07. The van der Waals surface area contributed by atoms with Gasteiger partial charge in [0.2, 0.25) is 5.76 Å². The molecule has 1 aromatic heterocycles. The highest BCUT2D eigenvalue weighted by molar-refractivity contribution is 6.35. The maximum absolute atomic E-state index is 10.6. The number of phenols is 3. The molecule has 0 saturated carbocycles. The summed E-state index contributed by atoms with van der Waals surface area (Å²) in [6, 6.07) is 1.85. The van der Waals surface area contributed by atoms with Gasteiger partial charge in [-0.25, -0.2) is 4.79 Å². The second-order valence-corrected chi connectivity index (χ2v) is 3.71. The van der Waals surface area contributed by atoms with E-state index < -0.39 is 29.0 Å². The van der Waals surface area contributed by atoms with Gasteiger partial charge in [0.15, 0.2) is 11.5 Å². The first-order valence-corrected chi connectivity index (χ1v) is 4.93. The van der Waals surface area contributed by atoms with Crippen molar-refractivity contribution in [3.05, 3.63) is 22.9 Å². The first-order chi connectivity index (χ1) is 8.41. The predicted octanol–water partition coefficient (Wildman–Crippen LogP) is 1.81. The minimum atomic E-state index is -1.35. The summed E-state index contributed by atoms with van der Waals surface area (Å²) in [5, 5.41) is 40.1. The number of aromatic nitrogens is 1. The van der Waals surface area contributed by atoms with E-state index in [4.69, 9.17) is 16.7 Å². The third-order valence-corrected chi connectivity index (χ3v) is 2.56. The number of hydrogen-bond acceptors (Lipinski definition) is 6. The Balaban J connectivity index is 2.66. The zero-order valence-electron chi connectivity index (χ0n) is 8.59. The molecule has 0 unspecified atom stereocenters. The van der Waals surface area contributed by atoms with Crippen LogP contribution in [0.3, 0.4) is 0 Å². The number of benzene rings is 1. The topological polar surface area (TPSA) is 124 Å². The minimum Gasteiger partial charge on any atom is -0.506 e. The number of carboxylic acids is 1. The molecule has 1 aromatic carbocycles. The molecule has 7 nitrogen and oxygen atoms in total. The average molecular weight is 272 g/mol. The van der Waals surface area contributed by atoms with Crippen molar-refractivity contribution < 1.29 is 29.7 Å². The number of carbonyl (C=O) groups is 1. The van der Waals surface area contributed by atoms with Crippen LogP contribution in [-0.2, 0) is 0 Å². The van der Waals surface area contributed by atoms with Crippen molar-refractivity contribution in [2.75, 3.05) is 0 Å². The number of aromatic carboxylic acids is 1. The maximum Gasteiger partial charge on any atom is 0.374 e. The lowest BCUT2D eigenvalue weighted by molar-refractivity contribution is 0.0652. The zero-order chi connectivity index (χ0) is 13.4. The van der Waals surface area contributed by atoms with Crippen molar-refractivity contribution in [1.82, 2.24) is 5.16 Å². The Hall–Kier alpha value is -2.41. The molecule has 0 fully saturated rings. The van der Waals surface area contributed by atoms with Gasteiger partial charge in [-0.2, -0.15) is 0 Å². The highest BCUT2D eigenvalue weighted by atomic mass is 35.5. The van der Waals surface area contributed by atoms with Crippen LogP contribution >= 0.6 is 11.6 Å². The molecule has 2 aromatic rings. The SMILES string of the molecule is O=C(O)c1cc(-c2c(O)c(O)cc(O)c2Cl)no1. The van der Waals surface area contributed by atoms with Crippen molar-refractivity contribution in [1.29, 1.82) is 0 Å².